The first-order valence-electron chi connectivity index (χ1n) is 8.28. The van der Waals surface area contributed by atoms with Gasteiger partial charge in [0.2, 0.25) is 0 Å². The Hall–Kier alpha value is -2.50. The third-order valence-electron chi connectivity index (χ3n) is 4.17. The molecule has 126 valence electrons. The molecule has 0 bridgehead atoms. The van der Waals surface area contributed by atoms with Gasteiger partial charge in [-0.25, -0.2) is 14.4 Å². The lowest BCUT2D eigenvalue weighted by atomic mass is 10.0. The lowest BCUT2D eigenvalue weighted by molar-refractivity contribution is 0.0714. The summed E-state index contributed by atoms with van der Waals surface area (Å²) in [7, 11) is 0. The first-order chi connectivity index (χ1) is 11.7. The minimum absolute atomic E-state index is 0.0524. The van der Waals surface area contributed by atoms with Crippen LogP contribution in [-0.4, -0.2) is 39.9 Å². The molecule has 6 heteroatoms. The van der Waals surface area contributed by atoms with Crippen molar-refractivity contribution in [3.05, 3.63) is 53.9 Å². The van der Waals surface area contributed by atoms with Gasteiger partial charge in [0.05, 0.1) is 5.56 Å². The maximum Gasteiger partial charge on any atom is 0.257 e. The standard InChI is InChI=1S/C18H21FN4O/c1-2-17-20-10-13(11-21-17)18(24)23-8-4-7-16(12-23)22-15-6-3-5-14(19)9-15/h3,5-6,9-11,16,22H,2,4,7-8,12H2,1H3/t16-/m1/s1. The fourth-order valence-corrected chi connectivity index (χ4v) is 2.92. The van der Waals surface area contributed by atoms with Gasteiger partial charge in [0.15, 0.2) is 0 Å². The highest BCUT2D eigenvalue weighted by atomic mass is 19.1. The van der Waals surface area contributed by atoms with Crippen molar-refractivity contribution < 1.29 is 9.18 Å². The zero-order chi connectivity index (χ0) is 16.9. The molecule has 1 saturated heterocycles. The lowest BCUT2D eigenvalue weighted by Gasteiger charge is -2.33. The highest BCUT2D eigenvalue weighted by Gasteiger charge is 2.24. The largest absolute Gasteiger partial charge is 0.380 e. The van der Waals surface area contributed by atoms with Crippen molar-refractivity contribution in [3.8, 4) is 0 Å². The number of piperidine rings is 1. The molecule has 1 amide bonds. The minimum Gasteiger partial charge on any atom is -0.380 e. The molecule has 0 unspecified atom stereocenters. The Morgan fingerprint density at radius 2 is 2.17 bits per heavy atom. The minimum atomic E-state index is -0.267. The Balaban J connectivity index is 1.64. The van der Waals surface area contributed by atoms with Crippen LogP contribution in [0.15, 0.2) is 36.7 Å². The number of aromatic nitrogens is 2. The molecule has 0 spiro atoms. The van der Waals surface area contributed by atoms with E-state index in [1.165, 1.54) is 12.1 Å². The SMILES string of the molecule is CCc1ncc(C(=O)N2CCC[C@@H](Nc3cccc(F)c3)C2)cn1. The Labute approximate surface area is 140 Å². The van der Waals surface area contributed by atoms with Gasteiger partial charge in [0, 0.05) is 43.6 Å². The van der Waals surface area contributed by atoms with Crippen molar-refractivity contribution >= 4 is 11.6 Å². The van der Waals surface area contributed by atoms with Crippen LogP contribution in [0.2, 0.25) is 0 Å². The van der Waals surface area contributed by atoms with Gasteiger partial charge in [-0.1, -0.05) is 13.0 Å². The van der Waals surface area contributed by atoms with E-state index in [-0.39, 0.29) is 17.8 Å². The zero-order valence-corrected chi connectivity index (χ0v) is 13.7. The number of carbonyl (C=O) groups excluding carboxylic acids is 1. The summed E-state index contributed by atoms with van der Waals surface area (Å²) in [6.07, 6.45) is 5.80. The summed E-state index contributed by atoms with van der Waals surface area (Å²) < 4.78 is 13.3. The summed E-state index contributed by atoms with van der Waals surface area (Å²) in [5, 5.41) is 3.31. The van der Waals surface area contributed by atoms with Gasteiger partial charge >= 0.3 is 0 Å². The van der Waals surface area contributed by atoms with Crippen molar-refractivity contribution in [2.45, 2.75) is 32.2 Å². The highest BCUT2D eigenvalue weighted by Crippen LogP contribution is 2.18. The van der Waals surface area contributed by atoms with Crippen LogP contribution in [0.25, 0.3) is 0 Å². The van der Waals surface area contributed by atoms with Crippen LogP contribution < -0.4 is 5.32 Å². The quantitative estimate of drug-likeness (QED) is 0.937. The second-order valence-electron chi connectivity index (χ2n) is 5.99. The zero-order valence-electron chi connectivity index (χ0n) is 13.7. The van der Waals surface area contributed by atoms with Gasteiger partial charge < -0.3 is 10.2 Å². The number of nitrogens with one attached hydrogen (secondary N) is 1. The summed E-state index contributed by atoms with van der Waals surface area (Å²) in [4.78, 5) is 22.8. The predicted octanol–water partition coefficient (Wildman–Crippen LogP) is 2.89. The molecular weight excluding hydrogens is 307 g/mol. The number of rotatable bonds is 4. The van der Waals surface area contributed by atoms with E-state index in [0.717, 1.165) is 37.3 Å². The van der Waals surface area contributed by atoms with Gasteiger partial charge in [-0.15, -0.1) is 0 Å². The van der Waals surface area contributed by atoms with Crippen LogP contribution in [0.5, 0.6) is 0 Å². The highest BCUT2D eigenvalue weighted by molar-refractivity contribution is 5.93. The Morgan fingerprint density at radius 1 is 1.38 bits per heavy atom. The number of hydrogen-bond donors (Lipinski definition) is 1. The molecule has 0 saturated carbocycles. The molecule has 1 fully saturated rings. The smallest absolute Gasteiger partial charge is 0.257 e. The molecule has 0 radical (unpaired) electrons. The maximum atomic E-state index is 13.3. The third kappa shape index (κ3) is 3.88. The van der Waals surface area contributed by atoms with Crippen LogP contribution in [0.1, 0.15) is 35.9 Å². The van der Waals surface area contributed by atoms with Gasteiger partial charge in [0.1, 0.15) is 11.6 Å². The fourth-order valence-electron chi connectivity index (χ4n) is 2.92. The van der Waals surface area contributed by atoms with Crippen molar-refractivity contribution in [3.63, 3.8) is 0 Å². The van der Waals surface area contributed by atoms with E-state index in [9.17, 15) is 9.18 Å². The normalized spacial score (nSPS) is 17.6. The number of hydrogen-bond acceptors (Lipinski definition) is 4. The molecule has 1 atom stereocenters. The van der Waals surface area contributed by atoms with E-state index in [0.29, 0.717) is 12.1 Å². The molecule has 0 aliphatic carbocycles. The molecule has 2 aromatic rings. The van der Waals surface area contributed by atoms with Crippen molar-refractivity contribution in [2.24, 2.45) is 0 Å². The summed E-state index contributed by atoms with van der Waals surface area (Å²) in [6, 6.07) is 6.51. The summed E-state index contributed by atoms with van der Waals surface area (Å²) in [5.74, 6) is 0.413. The van der Waals surface area contributed by atoms with E-state index in [1.54, 1.807) is 18.5 Å². The van der Waals surface area contributed by atoms with Gasteiger partial charge in [-0.2, -0.15) is 0 Å². The molecule has 1 N–H and O–H groups in total. The lowest BCUT2D eigenvalue weighted by Crippen LogP contribution is -2.45. The van der Waals surface area contributed by atoms with E-state index in [4.69, 9.17) is 0 Å². The summed E-state index contributed by atoms with van der Waals surface area (Å²) >= 11 is 0. The summed E-state index contributed by atoms with van der Waals surface area (Å²) in [6.45, 7) is 3.28. The molecule has 5 nitrogen and oxygen atoms in total. The summed E-state index contributed by atoms with van der Waals surface area (Å²) in [5.41, 5.74) is 1.25. The molecule has 1 aromatic carbocycles. The van der Waals surface area contributed by atoms with Gasteiger partial charge in [-0.3, -0.25) is 4.79 Å². The van der Waals surface area contributed by atoms with Crippen molar-refractivity contribution in [1.29, 1.82) is 0 Å². The number of anilines is 1. The second kappa shape index (κ2) is 7.38. The van der Waals surface area contributed by atoms with Gasteiger partial charge in [0.25, 0.3) is 5.91 Å². The molecular formula is C18H21FN4O. The fraction of sp³-hybridized carbons (Fsp3) is 0.389. The topological polar surface area (TPSA) is 58.1 Å². The van der Waals surface area contributed by atoms with Crippen molar-refractivity contribution in [2.75, 3.05) is 18.4 Å². The molecule has 1 aromatic heterocycles. The van der Waals surface area contributed by atoms with Crippen LogP contribution in [0, 0.1) is 5.82 Å². The van der Waals surface area contributed by atoms with E-state index < -0.39 is 0 Å². The van der Waals surface area contributed by atoms with Gasteiger partial charge in [-0.05, 0) is 31.0 Å². The Kier molecular flexibility index (Phi) is 5.03. The number of aryl methyl sites for hydroxylation is 1. The molecule has 24 heavy (non-hydrogen) atoms. The number of nitrogens with zero attached hydrogens (tertiary/aromatic N) is 3. The van der Waals surface area contributed by atoms with E-state index in [1.807, 2.05) is 17.9 Å². The molecule has 3 rings (SSSR count). The van der Waals surface area contributed by atoms with E-state index in [2.05, 4.69) is 15.3 Å². The average molecular weight is 328 g/mol. The number of likely N-dealkylation sites (tertiary alicyclic amines) is 1. The van der Waals surface area contributed by atoms with Crippen LogP contribution >= 0.6 is 0 Å². The second-order valence-corrected chi connectivity index (χ2v) is 5.99. The van der Waals surface area contributed by atoms with Crippen LogP contribution in [0.4, 0.5) is 10.1 Å². The Morgan fingerprint density at radius 3 is 2.88 bits per heavy atom. The van der Waals surface area contributed by atoms with E-state index >= 15 is 0 Å². The monoisotopic (exact) mass is 328 g/mol. The first kappa shape index (κ1) is 16.4. The Bertz CT molecular complexity index is 704. The molecule has 1 aliphatic heterocycles. The van der Waals surface area contributed by atoms with Crippen LogP contribution in [0.3, 0.4) is 0 Å². The first-order valence-corrected chi connectivity index (χ1v) is 8.28. The van der Waals surface area contributed by atoms with Crippen LogP contribution in [-0.2, 0) is 6.42 Å². The number of benzene rings is 1. The predicted molar refractivity (Wildman–Crippen MR) is 90.4 cm³/mol. The molecule has 2 heterocycles. The van der Waals surface area contributed by atoms with Crippen molar-refractivity contribution in [1.82, 2.24) is 14.9 Å². The number of carbonyl (C=O) groups is 1. The number of amides is 1. The maximum absolute atomic E-state index is 13.3. The average Bonchev–Trinajstić information content (AvgIpc) is 2.61. The third-order valence-corrected chi connectivity index (χ3v) is 4.17. The molecule has 1 aliphatic rings. The number of halogens is 1.